The van der Waals surface area contributed by atoms with Crippen LogP contribution in [-0.2, 0) is 12.0 Å². The Bertz CT molecular complexity index is 661. The molecule has 0 aliphatic heterocycles. The normalized spacial score (nSPS) is 11.6. The van der Waals surface area contributed by atoms with Gasteiger partial charge in [-0.25, -0.2) is 0 Å². The molecule has 2 aromatic rings. The van der Waals surface area contributed by atoms with Crippen molar-refractivity contribution in [3.63, 3.8) is 0 Å². The first-order valence-electron chi connectivity index (χ1n) is 6.83. The Labute approximate surface area is 120 Å². The van der Waals surface area contributed by atoms with Gasteiger partial charge in [0, 0.05) is 12.3 Å². The second kappa shape index (κ2) is 5.16. The van der Waals surface area contributed by atoms with Gasteiger partial charge in [-0.1, -0.05) is 45.0 Å². The molecule has 1 heterocycles. The first-order chi connectivity index (χ1) is 9.27. The lowest BCUT2D eigenvalue weighted by molar-refractivity contribution is 0.589. The summed E-state index contributed by atoms with van der Waals surface area (Å²) in [6.45, 7) is 8.96. The molecule has 0 saturated heterocycles. The SMILES string of the molecule is Cc1cc(=O)n(Cc2ccc(C(C)(C)C)cc2)cc1N. The first-order valence-corrected chi connectivity index (χ1v) is 6.83. The number of nitrogens with two attached hydrogens (primary N) is 1. The van der Waals surface area contributed by atoms with Gasteiger partial charge in [0.1, 0.15) is 0 Å². The van der Waals surface area contributed by atoms with Crippen LogP contribution in [-0.4, -0.2) is 4.57 Å². The summed E-state index contributed by atoms with van der Waals surface area (Å²) in [5.74, 6) is 0. The highest BCUT2D eigenvalue weighted by Crippen LogP contribution is 2.22. The van der Waals surface area contributed by atoms with E-state index in [1.54, 1.807) is 16.8 Å². The molecule has 1 aromatic carbocycles. The summed E-state index contributed by atoms with van der Waals surface area (Å²) in [6.07, 6.45) is 1.72. The second-order valence-electron chi connectivity index (χ2n) is 6.32. The number of hydrogen-bond donors (Lipinski definition) is 1. The van der Waals surface area contributed by atoms with E-state index in [2.05, 4.69) is 45.0 Å². The number of anilines is 1. The van der Waals surface area contributed by atoms with E-state index in [0.29, 0.717) is 12.2 Å². The number of nitrogen functional groups attached to an aromatic ring is 1. The highest BCUT2D eigenvalue weighted by atomic mass is 16.1. The van der Waals surface area contributed by atoms with Crippen LogP contribution in [0.2, 0.25) is 0 Å². The molecule has 106 valence electrons. The number of rotatable bonds is 2. The summed E-state index contributed by atoms with van der Waals surface area (Å²) < 4.78 is 1.65. The van der Waals surface area contributed by atoms with E-state index < -0.39 is 0 Å². The number of benzene rings is 1. The molecule has 0 aliphatic rings. The Hall–Kier alpha value is -2.03. The van der Waals surface area contributed by atoms with Crippen LogP contribution >= 0.6 is 0 Å². The molecule has 0 fully saturated rings. The monoisotopic (exact) mass is 270 g/mol. The maximum Gasteiger partial charge on any atom is 0.251 e. The van der Waals surface area contributed by atoms with Gasteiger partial charge in [-0.3, -0.25) is 4.79 Å². The van der Waals surface area contributed by atoms with Crippen molar-refractivity contribution in [1.29, 1.82) is 0 Å². The van der Waals surface area contributed by atoms with Crippen molar-refractivity contribution in [2.75, 3.05) is 5.73 Å². The second-order valence-corrected chi connectivity index (χ2v) is 6.32. The molecule has 0 saturated carbocycles. The molecule has 0 radical (unpaired) electrons. The number of nitrogens with zero attached hydrogens (tertiary/aromatic N) is 1. The van der Waals surface area contributed by atoms with Crippen molar-refractivity contribution in [2.24, 2.45) is 0 Å². The summed E-state index contributed by atoms with van der Waals surface area (Å²) in [7, 11) is 0. The van der Waals surface area contributed by atoms with Crippen molar-refractivity contribution in [1.82, 2.24) is 4.57 Å². The van der Waals surface area contributed by atoms with Crippen molar-refractivity contribution < 1.29 is 0 Å². The van der Waals surface area contributed by atoms with Gasteiger partial charge in [0.25, 0.3) is 5.56 Å². The van der Waals surface area contributed by atoms with E-state index in [1.165, 1.54) is 5.56 Å². The highest BCUT2D eigenvalue weighted by Gasteiger charge is 2.12. The van der Waals surface area contributed by atoms with Gasteiger partial charge in [0.15, 0.2) is 0 Å². The minimum atomic E-state index is -0.0170. The fraction of sp³-hybridized carbons (Fsp3) is 0.353. The predicted octanol–water partition coefficient (Wildman–Crippen LogP) is 3.08. The standard InChI is InChI=1S/C17H22N2O/c1-12-9-16(20)19(11-15(12)18)10-13-5-7-14(8-6-13)17(2,3)4/h5-9,11H,10,18H2,1-4H3. The quantitative estimate of drug-likeness (QED) is 0.911. The third-order valence-corrected chi connectivity index (χ3v) is 3.55. The number of aryl methyl sites for hydroxylation is 1. The molecule has 0 amide bonds. The Kier molecular flexibility index (Phi) is 3.71. The molecule has 0 aliphatic carbocycles. The molecule has 0 spiro atoms. The molecule has 0 bridgehead atoms. The number of hydrogen-bond acceptors (Lipinski definition) is 2. The summed E-state index contributed by atoms with van der Waals surface area (Å²) >= 11 is 0. The van der Waals surface area contributed by atoms with Crippen LogP contribution in [0.3, 0.4) is 0 Å². The van der Waals surface area contributed by atoms with E-state index in [-0.39, 0.29) is 11.0 Å². The predicted molar refractivity (Wildman–Crippen MR) is 84.1 cm³/mol. The molecular weight excluding hydrogens is 248 g/mol. The van der Waals surface area contributed by atoms with Gasteiger partial charge in [0.2, 0.25) is 0 Å². The Morgan fingerprint density at radius 3 is 2.30 bits per heavy atom. The zero-order chi connectivity index (χ0) is 14.9. The summed E-state index contributed by atoms with van der Waals surface area (Å²) in [5, 5.41) is 0. The number of aromatic nitrogens is 1. The van der Waals surface area contributed by atoms with Crippen LogP contribution in [0.15, 0.2) is 41.3 Å². The fourth-order valence-electron chi connectivity index (χ4n) is 2.12. The Balaban J connectivity index is 2.27. The van der Waals surface area contributed by atoms with Gasteiger partial charge >= 0.3 is 0 Å². The lowest BCUT2D eigenvalue weighted by atomic mass is 9.87. The Morgan fingerprint density at radius 1 is 1.15 bits per heavy atom. The van der Waals surface area contributed by atoms with Crippen molar-refractivity contribution in [3.8, 4) is 0 Å². The molecule has 20 heavy (non-hydrogen) atoms. The molecule has 2 rings (SSSR count). The van der Waals surface area contributed by atoms with E-state index in [4.69, 9.17) is 5.73 Å². The van der Waals surface area contributed by atoms with E-state index in [9.17, 15) is 4.79 Å². The lowest BCUT2D eigenvalue weighted by Gasteiger charge is -2.19. The van der Waals surface area contributed by atoms with Gasteiger partial charge < -0.3 is 10.3 Å². The minimum absolute atomic E-state index is 0.0170. The van der Waals surface area contributed by atoms with E-state index >= 15 is 0 Å². The lowest BCUT2D eigenvalue weighted by Crippen LogP contribution is -2.20. The van der Waals surface area contributed by atoms with Crippen molar-refractivity contribution in [2.45, 2.75) is 39.7 Å². The maximum absolute atomic E-state index is 11.9. The van der Waals surface area contributed by atoms with E-state index in [0.717, 1.165) is 11.1 Å². The summed E-state index contributed by atoms with van der Waals surface area (Å²) in [5.41, 5.74) is 9.86. The maximum atomic E-state index is 11.9. The van der Waals surface area contributed by atoms with Crippen LogP contribution < -0.4 is 11.3 Å². The van der Waals surface area contributed by atoms with Gasteiger partial charge in [-0.15, -0.1) is 0 Å². The van der Waals surface area contributed by atoms with Gasteiger partial charge in [0.05, 0.1) is 12.2 Å². The van der Waals surface area contributed by atoms with E-state index in [1.807, 2.05) is 6.92 Å². The van der Waals surface area contributed by atoms with Crippen LogP contribution in [0.4, 0.5) is 5.69 Å². The topological polar surface area (TPSA) is 48.0 Å². The van der Waals surface area contributed by atoms with Crippen LogP contribution in [0.1, 0.15) is 37.5 Å². The third-order valence-electron chi connectivity index (χ3n) is 3.55. The molecule has 0 atom stereocenters. The highest BCUT2D eigenvalue weighted by molar-refractivity contribution is 5.43. The average Bonchev–Trinajstić information content (AvgIpc) is 2.35. The first kappa shape index (κ1) is 14.4. The zero-order valence-electron chi connectivity index (χ0n) is 12.6. The zero-order valence-corrected chi connectivity index (χ0v) is 12.6. The molecule has 3 heteroatoms. The minimum Gasteiger partial charge on any atom is -0.397 e. The fourth-order valence-corrected chi connectivity index (χ4v) is 2.12. The summed E-state index contributed by atoms with van der Waals surface area (Å²) in [4.78, 5) is 11.9. The van der Waals surface area contributed by atoms with Gasteiger partial charge in [-0.2, -0.15) is 0 Å². The van der Waals surface area contributed by atoms with Crippen LogP contribution in [0.5, 0.6) is 0 Å². The van der Waals surface area contributed by atoms with Crippen molar-refractivity contribution in [3.05, 3.63) is 63.6 Å². The summed E-state index contributed by atoms with van der Waals surface area (Å²) in [6, 6.07) is 9.97. The largest absolute Gasteiger partial charge is 0.397 e. The Morgan fingerprint density at radius 2 is 1.75 bits per heavy atom. The average molecular weight is 270 g/mol. The third kappa shape index (κ3) is 3.10. The number of pyridine rings is 1. The molecule has 2 N–H and O–H groups in total. The van der Waals surface area contributed by atoms with Gasteiger partial charge in [-0.05, 0) is 29.0 Å². The molecule has 0 unspecified atom stereocenters. The molecular formula is C17H22N2O. The smallest absolute Gasteiger partial charge is 0.251 e. The van der Waals surface area contributed by atoms with Crippen LogP contribution in [0, 0.1) is 6.92 Å². The molecule has 1 aromatic heterocycles. The van der Waals surface area contributed by atoms with Crippen molar-refractivity contribution >= 4 is 5.69 Å². The van der Waals surface area contributed by atoms with Crippen LogP contribution in [0.25, 0.3) is 0 Å². The molecule has 3 nitrogen and oxygen atoms in total.